The van der Waals surface area contributed by atoms with Gasteiger partial charge in [-0.3, -0.25) is 0 Å². The summed E-state index contributed by atoms with van der Waals surface area (Å²) in [7, 11) is 0. The largest absolute Gasteiger partial charge is 0.0845 e. The summed E-state index contributed by atoms with van der Waals surface area (Å²) in [6.45, 7) is 2.34. The van der Waals surface area contributed by atoms with Crippen LogP contribution in [0.2, 0.25) is 0 Å². The van der Waals surface area contributed by atoms with Crippen LogP contribution < -0.4 is 0 Å². The minimum absolute atomic E-state index is 0.887. The van der Waals surface area contributed by atoms with E-state index in [2.05, 4.69) is 31.2 Å². The molecule has 0 aromatic carbocycles. The Bertz CT molecular complexity index is 142. The molecule has 1 unspecified atom stereocenters. The molecule has 1 atom stereocenters. The van der Waals surface area contributed by atoms with Crippen LogP contribution in [0.15, 0.2) is 24.3 Å². The van der Waals surface area contributed by atoms with Crippen molar-refractivity contribution < 1.29 is 0 Å². The summed E-state index contributed by atoms with van der Waals surface area (Å²) in [5.74, 6) is 0.887. The highest BCUT2D eigenvalue weighted by Gasteiger charge is 1.98. The molecular formula is C11H18. The standard InChI is InChI=1S/C11H18/c1-11-9-7-5-3-2-4-6-8-10-11/h2-3,5,7,11H,4,6,8-10H2,1H3/b3-2-,7-5-. The van der Waals surface area contributed by atoms with Crippen LogP contribution in [-0.2, 0) is 0 Å². The van der Waals surface area contributed by atoms with Gasteiger partial charge in [0.25, 0.3) is 0 Å². The third kappa shape index (κ3) is 4.02. The lowest BCUT2D eigenvalue weighted by Crippen LogP contribution is -1.92. The smallest absolute Gasteiger partial charge is 0.0322 e. The third-order valence-electron chi connectivity index (χ3n) is 2.24. The van der Waals surface area contributed by atoms with E-state index in [0.29, 0.717) is 0 Å². The topological polar surface area (TPSA) is 0 Å². The van der Waals surface area contributed by atoms with E-state index in [-0.39, 0.29) is 0 Å². The van der Waals surface area contributed by atoms with E-state index in [1.807, 2.05) is 0 Å². The van der Waals surface area contributed by atoms with Crippen molar-refractivity contribution in [2.45, 2.75) is 39.0 Å². The highest BCUT2D eigenvalue weighted by Crippen LogP contribution is 2.14. The SMILES string of the molecule is CC1C/C=C\C=C/CCCC1. The molecule has 0 heteroatoms. The van der Waals surface area contributed by atoms with Crippen molar-refractivity contribution in [2.24, 2.45) is 5.92 Å². The van der Waals surface area contributed by atoms with Crippen molar-refractivity contribution in [3.8, 4) is 0 Å². The van der Waals surface area contributed by atoms with E-state index < -0.39 is 0 Å². The molecular weight excluding hydrogens is 132 g/mol. The zero-order chi connectivity index (χ0) is 7.94. The van der Waals surface area contributed by atoms with Gasteiger partial charge < -0.3 is 0 Å². The Morgan fingerprint density at radius 3 is 2.82 bits per heavy atom. The Balaban J connectivity index is 2.36. The second-order valence-corrected chi connectivity index (χ2v) is 3.48. The average molecular weight is 150 g/mol. The van der Waals surface area contributed by atoms with Gasteiger partial charge in [0.1, 0.15) is 0 Å². The summed E-state index contributed by atoms with van der Waals surface area (Å²) in [5, 5.41) is 0. The Labute approximate surface area is 70.0 Å². The number of rotatable bonds is 0. The first-order chi connectivity index (χ1) is 5.39. The molecule has 0 radical (unpaired) electrons. The lowest BCUT2D eigenvalue weighted by molar-refractivity contribution is 0.504. The first kappa shape index (κ1) is 8.58. The van der Waals surface area contributed by atoms with Crippen LogP contribution in [-0.4, -0.2) is 0 Å². The zero-order valence-electron chi connectivity index (χ0n) is 7.42. The lowest BCUT2D eigenvalue weighted by Gasteiger charge is -2.07. The molecule has 0 nitrogen and oxygen atoms in total. The fourth-order valence-corrected chi connectivity index (χ4v) is 1.44. The quantitative estimate of drug-likeness (QED) is 0.494. The summed E-state index contributed by atoms with van der Waals surface area (Å²) in [6, 6.07) is 0. The molecule has 1 aliphatic rings. The molecule has 0 aromatic rings. The monoisotopic (exact) mass is 150 g/mol. The van der Waals surface area contributed by atoms with Gasteiger partial charge in [-0.05, 0) is 25.2 Å². The van der Waals surface area contributed by atoms with Crippen LogP contribution in [0.25, 0.3) is 0 Å². The molecule has 0 aliphatic heterocycles. The summed E-state index contributed by atoms with van der Waals surface area (Å²) < 4.78 is 0. The third-order valence-corrected chi connectivity index (χ3v) is 2.24. The highest BCUT2D eigenvalue weighted by atomic mass is 14.0. The Hall–Kier alpha value is -0.520. The fourth-order valence-electron chi connectivity index (χ4n) is 1.44. The summed E-state index contributed by atoms with van der Waals surface area (Å²) in [5.41, 5.74) is 0. The first-order valence-electron chi connectivity index (χ1n) is 4.71. The number of allylic oxidation sites excluding steroid dienone is 4. The van der Waals surface area contributed by atoms with Crippen LogP contribution in [0.3, 0.4) is 0 Å². The van der Waals surface area contributed by atoms with Gasteiger partial charge >= 0.3 is 0 Å². The van der Waals surface area contributed by atoms with Gasteiger partial charge in [0, 0.05) is 0 Å². The van der Waals surface area contributed by atoms with E-state index >= 15 is 0 Å². The normalized spacial score (nSPS) is 32.6. The van der Waals surface area contributed by atoms with Crippen molar-refractivity contribution in [3.63, 3.8) is 0 Å². The summed E-state index contributed by atoms with van der Waals surface area (Å²) >= 11 is 0. The molecule has 0 amide bonds. The molecule has 1 aliphatic carbocycles. The Morgan fingerprint density at radius 1 is 1.09 bits per heavy atom. The van der Waals surface area contributed by atoms with Gasteiger partial charge in [0.2, 0.25) is 0 Å². The van der Waals surface area contributed by atoms with Gasteiger partial charge in [-0.25, -0.2) is 0 Å². The molecule has 62 valence electrons. The molecule has 0 N–H and O–H groups in total. The van der Waals surface area contributed by atoms with Crippen LogP contribution in [0.5, 0.6) is 0 Å². The molecule has 0 spiro atoms. The molecule has 0 fully saturated rings. The molecule has 1 rings (SSSR count). The fraction of sp³-hybridized carbons (Fsp3) is 0.636. The minimum Gasteiger partial charge on any atom is -0.0845 e. The van der Waals surface area contributed by atoms with Crippen molar-refractivity contribution in [1.82, 2.24) is 0 Å². The highest BCUT2D eigenvalue weighted by molar-refractivity contribution is 5.02. The van der Waals surface area contributed by atoms with Crippen molar-refractivity contribution >= 4 is 0 Å². The molecule has 0 saturated heterocycles. The lowest BCUT2D eigenvalue weighted by atomic mass is 9.99. The Morgan fingerprint density at radius 2 is 1.91 bits per heavy atom. The molecule has 0 bridgehead atoms. The van der Waals surface area contributed by atoms with Gasteiger partial charge in [0.05, 0.1) is 0 Å². The van der Waals surface area contributed by atoms with E-state index in [4.69, 9.17) is 0 Å². The average Bonchev–Trinajstić information content (AvgIpc) is 2.03. The van der Waals surface area contributed by atoms with Gasteiger partial charge in [-0.2, -0.15) is 0 Å². The predicted molar refractivity (Wildman–Crippen MR) is 50.5 cm³/mol. The maximum atomic E-state index is 2.34. The maximum absolute atomic E-state index is 2.34. The summed E-state index contributed by atoms with van der Waals surface area (Å²) in [6.07, 6.45) is 15.6. The van der Waals surface area contributed by atoms with E-state index in [0.717, 1.165) is 5.92 Å². The maximum Gasteiger partial charge on any atom is -0.0322 e. The number of hydrogen-bond acceptors (Lipinski definition) is 0. The van der Waals surface area contributed by atoms with Crippen LogP contribution >= 0.6 is 0 Å². The predicted octanol–water partition coefficient (Wildman–Crippen LogP) is 3.70. The van der Waals surface area contributed by atoms with Crippen LogP contribution in [0, 0.1) is 5.92 Å². The molecule has 0 saturated carbocycles. The van der Waals surface area contributed by atoms with Crippen molar-refractivity contribution in [2.75, 3.05) is 0 Å². The van der Waals surface area contributed by atoms with E-state index in [1.165, 1.54) is 32.1 Å². The number of hydrogen-bond donors (Lipinski definition) is 0. The second-order valence-electron chi connectivity index (χ2n) is 3.48. The van der Waals surface area contributed by atoms with E-state index in [9.17, 15) is 0 Å². The molecule has 11 heavy (non-hydrogen) atoms. The van der Waals surface area contributed by atoms with Gasteiger partial charge in [0.15, 0.2) is 0 Å². The van der Waals surface area contributed by atoms with Gasteiger partial charge in [-0.15, -0.1) is 0 Å². The Kier molecular flexibility index (Phi) is 4.03. The van der Waals surface area contributed by atoms with Gasteiger partial charge in [-0.1, -0.05) is 44.1 Å². The molecule has 0 heterocycles. The van der Waals surface area contributed by atoms with E-state index in [1.54, 1.807) is 0 Å². The first-order valence-corrected chi connectivity index (χ1v) is 4.71. The minimum atomic E-state index is 0.887. The summed E-state index contributed by atoms with van der Waals surface area (Å²) in [4.78, 5) is 0. The molecule has 0 aromatic heterocycles. The van der Waals surface area contributed by atoms with Crippen molar-refractivity contribution in [1.29, 1.82) is 0 Å². The second kappa shape index (κ2) is 5.17. The van der Waals surface area contributed by atoms with Crippen molar-refractivity contribution in [3.05, 3.63) is 24.3 Å². The van der Waals surface area contributed by atoms with Crippen LogP contribution in [0.4, 0.5) is 0 Å². The zero-order valence-corrected chi connectivity index (χ0v) is 7.42. The van der Waals surface area contributed by atoms with Crippen LogP contribution in [0.1, 0.15) is 39.0 Å².